The summed E-state index contributed by atoms with van der Waals surface area (Å²) in [5.41, 5.74) is 6.00. The van der Waals surface area contributed by atoms with E-state index in [4.69, 9.17) is 4.98 Å². The molecule has 0 radical (unpaired) electrons. The molecule has 5 heteroatoms. The average molecular weight is 381 g/mol. The van der Waals surface area contributed by atoms with Crippen LogP contribution in [0.1, 0.15) is 35.3 Å². The summed E-state index contributed by atoms with van der Waals surface area (Å²) in [7, 11) is 0. The quantitative estimate of drug-likeness (QED) is 0.662. The summed E-state index contributed by atoms with van der Waals surface area (Å²) in [4.78, 5) is 11.9. The lowest BCUT2D eigenvalue weighted by Gasteiger charge is -2.37. The lowest BCUT2D eigenvalue weighted by Crippen LogP contribution is -2.35. The molecule has 0 bridgehead atoms. The second kappa shape index (κ2) is 7.97. The van der Waals surface area contributed by atoms with Crippen LogP contribution in [0.15, 0.2) is 54.6 Å². The SMILES string of the molecule is Cc1nc(Nc2ccccc2)nc(N2CCc3ccccc3[C@H]2C)c1C.Cl. The summed E-state index contributed by atoms with van der Waals surface area (Å²) in [6.07, 6.45) is 1.05. The van der Waals surface area contributed by atoms with E-state index in [9.17, 15) is 0 Å². The standard InChI is InChI=1S/C22H24N4.ClH/c1-15-16(2)23-22(24-19-10-5-4-6-11-19)25-21(15)26-14-13-18-9-7-8-12-20(18)17(26)3;/h4-12,17H,13-14H2,1-3H3,(H,23,24,25);1H/t17-;/m1./s1. The molecule has 2 aromatic carbocycles. The first-order chi connectivity index (χ1) is 12.6. The van der Waals surface area contributed by atoms with Crippen LogP contribution in [0.5, 0.6) is 0 Å². The predicted molar refractivity (Wildman–Crippen MR) is 114 cm³/mol. The van der Waals surface area contributed by atoms with E-state index in [0.717, 1.165) is 35.7 Å². The Morgan fingerprint density at radius 2 is 1.67 bits per heavy atom. The molecule has 0 aliphatic carbocycles. The van der Waals surface area contributed by atoms with Crippen molar-refractivity contribution in [2.45, 2.75) is 33.2 Å². The van der Waals surface area contributed by atoms with Crippen molar-refractivity contribution in [2.24, 2.45) is 0 Å². The van der Waals surface area contributed by atoms with Crippen LogP contribution in [-0.2, 0) is 6.42 Å². The van der Waals surface area contributed by atoms with Gasteiger partial charge in [-0.05, 0) is 50.5 Å². The van der Waals surface area contributed by atoms with Gasteiger partial charge in [-0.15, -0.1) is 12.4 Å². The maximum Gasteiger partial charge on any atom is 0.229 e. The highest BCUT2D eigenvalue weighted by molar-refractivity contribution is 5.85. The number of benzene rings is 2. The average Bonchev–Trinajstić information content (AvgIpc) is 2.66. The van der Waals surface area contributed by atoms with Gasteiger partial charge in [0, 0.05) is 23.5 Å². The highest BCUT2D eigenvalue weighted by Gasteiger charge is 2.26. The molecule has 2 heterocycles. The Morgan fingerprint density at radius 3 is 2.44 bits per heavy atom. The zero-order chi connectivity index (χ0) is 18.1. The van der Waals surface area contributed by atoms with Gasteiger partial charge in [-0.1, -0.05) is 42.5 Å². The fourth-order valence-electron chi connectivity index (χ4n) is 3.66. The zero-order valence-corrected chi connectivity index (χ0v) is 16.8. The number of nitrogens with one attached hydrogen (secondary N) is 1. The van der Waals surface area contributed by atoms with Gasteiger partial charge >= 0.3 is 0 Å². The van der Waals surface area contributed by atoms with Crippen molar-refractivity contribution in [3.05, 3.63) is 77.0 Å². The molecule has 140 valence electrons. The summed E-state index contributed by atoms with van der Waals surface area (Å²) in [6, 6.07) is 19.1. The number of hydrogen-bond acceptors (Lipinski definition) is 4. The van der Waals surface area contributed by atoms with Crippen LogP contribution in [0.2, 0.25) is 0 Å². The third kappa shape index (κ3) is 3.76. The molecule has 1 atom stereocenters. The van der Waals surface area contributed by atoms with Gasteiger partial charge in [0.05, 0.1) is 6.04 Å². The molecule has 1 aliphatic rings. The predicted octanol–water partition coefficient (Wildman–Crippen LogP) is 5.38. The van der Waals surface area contributed by atoms with Crippen LogP contribution in [0.3, 0.4) is 0 Å². The van der Waals surface area contributed by atoms with E-state index in [1.807, 2.05) is 30.3 Å². The Labute approximate surface area is 167 Å². The Hall–Kier alpha value is -2.59. The number of aryl methyl sites for hydroxylation is 1. The van der Waals surface area contributed by atoms with Gasteiger partial charge in [0.25, 0.3) is 0 Å². The largest absolute Gasteiger partial charge is 0.349 e. The highest BCUT2D eigenvalue weighted by atomic mass is 35.5. The minimum Gasteiger partial charge on any atom is -0.349 e. The number of hydrogen-bond donors (Lipinski definition) is 1. The Kier molecular flexibility index (Phi) is 5.66. The lowest BCUT2D eigenvalue weighted by atomic mass is 9.93. The van der Waals surface area contributed by atoms with Gasteiger partial charge in [-0.3, -0.25) is 0 Å². The number of fused-ring (bicyclic) bond motifs is 1. The van der Waals surface area contributed by atoms with Crippen molar-refractivity contribution >= 4 is 29.9 Å². The van der Waals surface area contributed by atoms with Crippen LogP contribution in [0, 0.1) is 13.8 Å². The van der Waals surface area contributed by atoms with E-state index in [1.54, 1.807) is 0 Å². The molecule has 0 saturated heterocycles. The van der Waals surface area contributed by atoms with E-state index < -0.39 is 0 Å². The zero-order valence-electron chi connectivity index (χ0n) is 15.9. The highest BCUT2D eigenvalue weighted by Crippen LogP contribution is 2.35. The molecular weight excluding hydrogens is 356 g/mol. The first-order valence-corrected chi connectivity index (χ1v) is 9.15. The number of halogens is 1. The van der Waals surface area contributed by atoms with Crippen molar-refractivity contribution in [1.82, 2.24) is 9.97 Å². The molecule has 0 saturated carbocycles. The maximum atomic E-state index is 4.88. The summed E-state index contributed by atoms with van der Waals surface area (Å²) < 4.78 is 0. The molecule has 0 spiro atoms. The van der Waals surface area contributed by atoms with Crippen LogP contribution in [0.4, 0.5) is 17.5 Å². The number of rotatable bonds is 3. The monoisotopic (exact) mass is 380 g/mol. The van der Waals surface area contributed by atoms with E-state index in [0.29, 0.717) is 12.0 Å². The van der Waals surface area contributed by atoms with Gasteiger partial charge in [0.1, 0.15) is 5.82 Å². The van der Waals surface area contributed by atoms with Crippen molar-refractivity contribution in [3.8, 4) is 0 Å². The summed E-state index contributed by atoms with van der Waals surface area (Å²) >= 11 is 0. The van der Waals surface area contributed by atoms with Gasteiger partial charge in [-0.25, -0.2) is 4.98 Å². The number of nitrogens with zero attached hydrogens (tertiary/aromatic N) is 3. The smallest absolute Gasteiger partial charge is 0.229 e. The van der Waals surface area contributed by atoms with E-state index in [2.05, 4.69) is 60.2 Å². The second-order valence-electron chi connectivity index (χ2n) is 6.89. The number of para-hydroxylation sites is 1. The number of aromatic nitrogens is 2. The molecule has 1 aliphatic heterocycles. The molecule has 27 heavy (non-hydrogen) atoms. The molecule has 1 N–H and O–H groups in total. The molecular formula is C22H25ClN4. The summed E-state index contributed by atoms with van der Waals surface area (Å²) in [5.74, 6) is 1.68. The topological polar surface area (TPSA) is 41.1 Å². The molecule has 1 aromatic heterocycles. The van der Waals surface area contributed by atoms with E-state index >= 15 is 0 Å². The first-order valence-electron chi connectivity index (χ1n) is 9.15. The maximum absolute atomic E-state index is 4.88. The Morgan fingerprint density at radius 1 is 0.963 bits per heavy atom. The third-order valence-corrected chi connectivity index (χ3v) is 5.26. The van der Waals surface area contributed by atoms with E-state index in [1.165, 1.54) is 11.1 Å². The van der Waals surface area contributed by atoms with Crippen molar-refractivity contribution in [1.29, 1.82) is 0 Å². The van der Waals surface area contributed by atoms with Crippen molar-refractivity contribution < 1.29 is 0 Å². The van der Waals surface area contributed by atoms with E-state index in [-0.39, 0.29) is 12.4 Å². The van der Waals surface area contributed by atoms with Gasteiger partial charge in [0.15, 0.2) is 0 Å². The Balaban J connectivity index is 0.00000210. The second-order valence-corrected chi connectivity index (χ2v) is 6.89. The minimum atomic E-state index is 0. The lowest BCUT2D eigenvalue weighted by molar-refractivity contribution is 0.614. The molecule has 4 rings (SSSR count). The van der Waals surface area contributed by atoms with Crippen molar-refractivity contribution in [2.75, 3.05) is 16.8 Å². The Bertz CT molecular complexity index is 927. The third-order valence-electron chi connectivity index (χ3n) is 5.26. The number of anilines is 3. The molecule has 3 aromatic rings. The van der Waals surface area contributed by atoms with Crippen molar-refractivity contribution in [3.63, 3.8) is 0 Å². The van der Waals surface area contributed by atoms with Crippen LogP contribution >= 0.6 is 12.4 Å². The molecule has 0 amide bonds. The first kappa shape index (κ1) is 19.2. The van der Waals surface area contributed by atoms with Gasteiger partial charge < -0.3 is 10.2 Å². The van der Waals surface area contributed by atoms with Crippen LogP contribution < -0.4 is 10.2 Å². The van der Waals surface area contributed by atoms with Gasteiger partial charge in [-0.2, -0.15) is 4.98 Å². The molecule has 4 nitrogen and oxygen atoms in total. The normalized spacial score (nSPS) is 15.7. The fourth-order valence-corrected chi connectivity index (χ4v) is 3.66. The molecule has 0 fully saturated rings. The fraction of sp³-hybridized carbons (Fsp3) is 0.273. The van der Waals surface area contributed by atoms with Crippen LogP contribution in [-0.4, -0.2) is 16.5 Å². The van der Waals surface area contributed by atoms with Gasteiger partial charge in [0.2, 0.25) is 5.95 Å². The van der Waals surface area contributed by atoms with Crippen LogP contribution in [0.25, 0.3) is 0 Å². The summed E-state index contributed by atoms with van der Waals surface area (Å²) in [6.45, 7) is 7.41. The minimum absolute atomic E-state index is 0. The molecule has 0 unspecified atom stereocenters. The summed E-state index contributed by atoms with van der Waals surface area (Å²) in [5, 5.41) is 3.34.